The third kappa shape index (κ3) is 4.01. The molecule has 0 aromatic heterocycles. The van der Waals surface area contributed by atoms with Crippen molar-refractivity contribution in [1.82, 2.24) is 5.32 Å². The van der Waals surface area contributed by atoms with E-state index >= 15 is 0 Å². The average molecular weight is 374 g/mol. The summed E-state index contributed by atoms with van der Waals surface area (Å²) in [6, 6.07) is 6.27. The zero-order valence-electron chi connectivity index (χ0n) is 12.0. The van der Waals surface area contributed by atoms with E-state index in [4.69, 9.17) is 23.2 Å². The standard InChI is InChI=1S/C16H11Cl2F2NO3/c17-10-4-2-5-11(18)9(10)7-13(16(23)24)21-15(22)8-3-1-6-12(19)14(8)20/h1-6,13H,7H2,(H,21,22)(H,23,24)/t13-/m1/s1. The number of amides is 1. The number of carbonyl (C=O) groups excluding carboxylic acids is 1. The van der Waals surface area contributed by atoms with E-state index in [1.165, 1.54) is 12.1 Å². The molecule has 2 aromatic carbocycles. The van der Waals surface area contributed by atoms with E-state index in [1.807, 2.05) is 0 Å². The predicted octanol–water partition coefficient (Wildman–Crippen LogP) is 3.70. The minimum Gasteiger partial charge on any atom is -0.480 e. The molecule has 8 heteroatoms. The van der Waals surface area contributed by atoms with E-state index in [9.17, 15) is 23.5 Å². The average Bonchev–Trinajstić information content (AvgIpc) is 2.52. The van der Waals surface area contributed by atoms with Gasteiger partial charge in [-0.15, -0.1) is 0 Å². The first-order chi connectivity index (χ1) is 11.3. The van der Waals surface area contributed by atoms with Gasteiger partial charge in [0.05, 0.1) is 5.56 Å². The first-order valence-corrected chi connectivity index (χ1v) is 7.47. The van der Waals surface area contributed by atoms with Crippen molar-refractivity contribution < 1.29 is 23.5 Å². The number of halogens is 4. The fourth-order valence-electron chi connectivity index (χ4n) is 2.05. The summed E-state index contributed by atoms with van der Waals surface area (Å²) in [4.78, 5) is 23.4. The Hall–Kier alpha value is -2.18. The summed E-state index contributed by atoms with van der Waals surface area (Å²) in [5.74, 6) is -4.97. The van der Waals surface area contributed by atoms with Crippen LogP contribution in [0.15, 0.2) is 36.4 Å². The van der Waals surface area contributed by atoms with E-state index in [0.29, 0.717) is 5.56 Å². The minimum atomic E-state index is -1.42. The highest BCUT2D eigenvalue weighted by Crippen LogP contribution is 2.25. The van der Waals surface area contributed by atoms with Crippen molar-refractivity contribution in [2.24, 2.45) is 0 Å². The Morgan fingerprint density at radius 3 is 2.25 bits per heavy atom. The van der Waals surface area contributed by atoms with E-state index in [2.05, 4.69) is 5.32 Å². The molecule has 0 aliphatic carbocycles. The van der Waals surface area contributed by atoms with Crippen LogP contribution in [0.1, 0.15) is 15.9 Å². The lowest BCUT2D eigenvalue weighted by molar-refractivity contribution is -0.139. The molecule has 0 bridgehead atoms. The highest BCUT2D eigenvalue weighted by Gasteiger charge is 2.25. The molecule has 4 nitrogen and oxygen atoms in total. The van der Waals surface area contributed by atoms with Gasteiger partial charge in [-0.3, -0.25) is 4.79 Å². The minimum absolute atomic E-state index is 0.212. The van der Waals surface area contributed by atoms with Gasteiger partial charge in [-0.2, -0.15) is 0 Å². The Morgan fingerprint density at radius 2 is 1.67 bits per heavy atom. The molecular formula is C16H11Cl2F2NO3. The Bertz CT molecular complexity index is 779. The van der Waals surface area contributed by atoms with Crippen LogP contribution >= 0.6 is 23.2 Å². The van der Waals surface area contributed by atoms with Gasteiger partial charge in [0.2, 0.25) is 0 Å². The molecule has 2 rings (SSSR count). The fourth-order valence-corrected chi connectivity index (χ4v) is 2.60. The van der Waals surface area contributed by atoms with Crippen LogP contribution in [0, 0.1) is 11.6 Å². The van der Waals surface area contributed by atoms with E-state index in [-0.39, 0.29) is 16.5 Å². The summed E-state index contributed by atoms with van der Waals surface area (Å²) in [6.45, 7) is 0. The Labute approximate surface area is 146 Å². The van der Waals surface area contributed by atoms with Gasteiger partial charge in [0, 0.05) is 16.5 Å². The quantitative estimate of drug-likeness (QED) is 0.839. The molecule has 0 radical (unpaired) electrons. The molecule has 0 heterocycles. The van der Waals surface area contributed by atoms with Crippen molar-refractivity contribution in [1.29, 1.82) is 0 Å². The molecule has 126 valence electrons. The van der Waals surface area contributed by atoms with Crippen molar-refractivity contribution >= 4 is 35.1 Å². The Morgan fingerprint density at radius 1 is 1.08 bits per heavy atom. The van der Waals surface area contributed by atoms with Gasteiger partial charge < -0.3 is 10.4 Å². The lowest BCUT2D eigenvalue weighted by Crippen LogP contribution is -2.42. The largest absolute Gasteiger partial charge is 0.480 e. The van der Waals surface area contributed by atoms with Crippen LogP contribution in [0.25, 0.3) is 0 Å². The van der Waals surface area contributed by atoms with Crippen LogP contribution in [0.2, 0.25) is 10.0 Å². The fraction of sp³-hybridized carbons (Fsp3) is 0.125. The second-order valence-corrected chi connectivity index (χ2v) is 5.68. The third-order valence-corrected chi connectivity index (χ3v) is 3.98. The predicted molar refractivity (Wildman–Crippen MR) is 85.4 cm³/mol. The molecule has 0 aliphatic rings. The number of hydrogen-bond acceptors (Lipinski definition) is 2. The van der Waals surface area contributed by atoms with Gasteiger partial charge in [0.1, 0.15) is 6.04 Å². The molecular weight excluding hydrogens is 363 g/mol. The lowest BCUT2D eigenvalue weighted by Gasteiger charge is -2.16. The topological polar surface area (TPSA) is 66.4 Å². The monoisotopic (exact) mass is 373 g/mol. The van der Waals surface area contributed by atoms with Crippen molar-refractivity contribution in [3.8, 4) is 0 Å². The zero-order chi connectivity index (χ0) is 17.9. The van der Waals surface area contributed by atoms with Gasteiger partial charge >= 0.3 is 5.97 Å². The SMILES string of the molecule is O=C(N[C@H](Cc1c(Cl)cccc1Cl)C(=O)O)c1cccc(F)c1F. The Kier molecular flexibility index (Phi) is 5.75. The molecule has 0 unspecified atom stereocenters. The van der Waals surface area contributed by atoms with Gasteiger partial charge in [-0.05, 0) is 29.8 Å². The third-order valence-electron chi connectivity index (χ3n) is 3.27. The summed E-state index contributed by atoms with van der Waals surface area (Å²) < 4.78 is 26.8. The smallest absolute Gasteiger partial charge is 0.326 e. The van der Waals surface area contributed by atoms with E-state index < -0.39 is 35.1 Å². The number of hydrogen-bond donors (Lipinski definition) is 2. The van der Waals surface area contributed by atoms with Gasteiger partial charge in [-0.25, -0.2) is 13.6 Å². The van der Waals surface area contributed by atoms with Crippen LogP contribution in [0.5, 0.6) is 0 Å². The molecule has 0 aliphatic heterocycles. The summed E-state index contributed by atoms with van der Waals surface area (Å²) in [6.07, 6.45) is -0.212. The summed E-state index contributed by atoms with van der Waals surface area (Å²) >= 11 is 12.0. The van der Waals surface area contributed by atoms with Crippen molar-refractivity contribution in [2.75, 3.05) is 0 Å². The Balaban J connectivity index is 2.25. The second-order valence-electron chi connectivity index (χ2n) is 4.87. The van der Waals surface area contributed by atoms with E-state index in [0.717, 1.165) is 18.2 Å². The molecule has 0 fully saturated rings. The van der Waals surface area contributed by atoms with Crippen LogP contribution in [0.4, 0.5) is 8.78 Å². The molecule has 1 atom stereocenters. The first kappa shape index (κ1) is 18.2. The van der Waals surface area contributed by atoms with Crippen molar-refractivity contribution in [3.05, 3.63) is 69.2 Å². The number of benzene rings is 2. The molecule has 2 N–H and O–H groups in total. The highest BCUT2D eigenvalue weighted by atomic mass is 35.5. The molecule has 0 saturated heterocycles. The highest BCUT2D eigenvalue weighted by molar-refractivity contribution is 6.36. The van der Waals surface area contributed by atoms with Gasteiger partial charge in [0.15, 0.2) is 11.6 Å². The van der Waals surface area contributed by atoms with Crippen LogP contribution < -0.4 is 5.32 Å². The summed E-state index contributed by atoms with van der Waals surface area (Å²) in [5, 5.41) is 11.9. The maximum absolute atomic E-state index is 13.6. The second kappa shape index (κ2) is 7.59. The van der Waals surface area contributed by atoms with Crippen LogP contribution in [-0.2, 0) is 11.2 Å². The first-order valence-electron chi connectivity index (χ1n) is 6.71. The summed E-state index contributed by atoms with van der Waals surface area (Å²) in [7, 11) is 0. The molecule has 2 aromatic rings. The number of rotatable bonds is 5. The molecule has 0 saturated carbocycles. The van der Waals surface area contributed by atoms with E-state index in [1.54, 1.807) is 6.07 Å². The van der Waals surface area contributed by atoms with Gasteiger partial charge in [-0.1, -0.05) is 35.3 Å². The van der Waals surface area contributed by atoms with Gasteiger partial charge in [0.25, 0.3) is 5.91 Å². The molecule has 24 heavy (non-hydrogen) atoms. The maximum atomic E-state index is 13.6. The normalized spacial score (nSPS) is 11.8. The number of carboxylic acid groups (broad SMARTS) is 1. The number of carbonyl (C=O) groups is 2. The maximum Gasteiger partial charge on any atom is 0.326 e. The van der Waals surface area contributed by atoms with Crippen LogP contribution in [0.3, 0.4) is 0 Å². The molecule has 0 spiro atoms. The van der Waals surface area contributed by atoms with Crippen molar-refractivity contribution in [3.63, 3.8) is 0 Å². The number of nitrogens with one attached hydrogen (secondary N) is 1. The summed E-state index contributed by atoms with van der Waals surface area (Å²) in [5.41, 5.74) is -0.264. The number of carboxylic acids is 1. The molecule has 1 amide bonds. The van der Waals surface area contributed by atoms with Crippen LogP contribution in [-0.4, -0.2) is 23.0 Å². The lowest BCUT2D eigenvalue weighted by atomic mass is 10.0. The number of aliphatic carboxylic acids is 1. The van der Waals surface area contributed by atoms with Crippen molar-refractivity contribution in [2.45, 2.75) is 12.5 Å². The zero-order valence-corrected chi connectivity index (χ0v) is 13.5.